The summed E-state index contributed by atoms with van der Waals surface area (Å²) in [7, 11) is 2.03. The second kappa shape index (κ2) is 6.27. The van der Waals surface area contributed by atoms with E-state index in [2.05, 4.69) is 57.3 Å². The fraction of sp³-hybridized carbons (Fsp3) is 0.429. The maximum Gasteiger partial charge on any atom is 0.140 e. The number of fused-ring (bicyclic) bond motifs is 3. The molecule has 0 radical (unpaired) electrons. The molecule has 1 heterocycles. The molecule has 0 saturated carbocycles. The molecule has 1 N–H and O–H groups in total. The van der Waals surface area contributed by atoms with E-state index in [1.807, 2.05) is 13.1 Å². The third kappa shape index (κ3) is 2.95. The normalized spacial score (nSPS) is 12.0. The van der Waals surface area contributed by atoms with Crippen LogP contribution < -0.4 is 5.32 Å². The highest BCUT2D eigenvalue weighted by atomic mass is 16.3. The Morgan fingerprint density at radius 3 is 2.30 bits per heavy atom. The monoisotopic (exact) mass is 309 g/mol. The minimum absolute atomic E-state index is 0.591. The van der Waals surface area contributed by atoms with Gasteiger partial charge in [-0.15, -0.1) is 0 Å². The van der Waals surface area contributed by atoms with Gasteiger partial charge in [0.1, 0.15) is 11.2 Å². The molecule has 0 fully saturated rings. The highest BCUT2D eigenvalue weighted by molar-refractivity contribution is 6.07. The first-order valence-corrected chi connectivity index (χ1v) is 8.65. The largest absolute Gasteiger partial charge is 0.456 e. The average Bonchev–Trinajstić information content (AvgIpc) is 2.85. The molecule has 2 aromatic carbocycles. The minimum Gasteiger partial charge on any atom is -0.456 e. The summed E-state index contributed by atoms with van der Waals surface area (Å²) in [4.78, 5) is 0. The number of rotatable bonds is 5. The molecule has 3 aromatic rings. The van der Waals surface area contributed by atoms with Crippen molar-refractivity contribution in [2.45, 2.75) is 40.5 Å². The summed E-state index contributed by atoms with van der Waals surface area (Å²) in [6, 6.07) is 10.7. The number of benzene rings is 2. The molecule has 0 amide bonds. The van der Waals surface area contributed by atoms with Crippen LogP contribution in [0.5, 0.6) is 0 Å². The van der Waals surface area contributed by atoms with E-state index in [1.165, 1.54) is 27.6 Å². The van der Waals surface area contributed by atoms with Crippen LogP contribution in [0.4, 0.5) is 5.69 Å². The maximum atomic E-state index is 6.25. The zero-order valence-corrected chi connectivity index (χ0v) is 14.9. The van der Waals surface area contributed by atoms with Gasteiger partial charge in [-0.2, -0.15) is 0 Å². The van der Waals surface area contributed by atoms with Crippen molar-refractivity contribution in [3.63, 3.8) is 0 Å². The Hall–Kier alpha value is -1.96. The predicted molar refractivity (Wildman–Crippen MR) is 100 cm³/mol. The topological polar surface area (TPSA) is 25.2 Å². The maximum absolute atomic E-state index is 6.25. The molecule has 0 atom stereocenters. The summed E-state index contributed by atoms with van der Waals surface area (Å²) in [5.41, 5.74) is 6.02. The van der Waals surface area contributed by atoms with Gasteiger partial charge >= 0.3 is 0 Å². The van der Waals surface area contributed by atoms with Crippen LogP contribution in [0, 0.1) is 11.8 Å². The van der Waals surface area contributed by atoms with Gasteiger partial charge in [-0.25, -0.2) is 0 Å². The fourth-order valence-corrected chi connectivity index (χ4v) is 3.50. The first kappa shape index (κ1) is 15.9. The third-order valence-electron chi connectivity index (χ3n) is 4.34. The second-order valence-corrected chi connectivity index (χ2v) is 7.31. The summed E-state index contributed by atoms with van der Waals surface area (Å²) in [6.07, 6.45) is 2.11. The van der Waals surface area contributed by atoms with Crippen molar-refractivity contribution in [3.8, 4) is 0 Å². The molecule has 0 aliphatic rings. The summed E-state index contributed by atoms with van der Waals surface area (Å²) < 4.78 is 6.25. The van der Waals surface area contributed by atoms with Gasteiger partial charge in [0.15, 0.2) is 0 Å². The third-order valence-corrected chi connectivity index (χ3v) is 4.34. The zero-order chi connectivity index (χ0) is 16.6. The van der Waals surface area contributed by atoms with Gasteiger partial charge in [0.25, 0.3) is 0 Å². The van der Waals surface area contributed by atoms with E-state index in [-0.39, 0.29) is 0 Å². The molecule has 1 aromatic heterocycles. The molecule has 2 heteroatoms. The van der Waals surface area contributed by atoms with Crippen LogP contribution >= 0.6 is 0 Å². The Morgan fingerprint density at radius 2 is 1.65 bits per heavy atom. The van der Waals surface area contributed by atoms with E-state index >= 15 is 0 Å². The Bertz CT molecular complexity index is 827. The molecule has 0 aliphatic heterocycles. The lowest BCUT2D eigenvalue weighted by Crippen LogP contribution is -2.06. The Kier molecular flexibility index (Phi) is 4.34. The number of hydrogen-bond acceptors (Lipinski definition) is 2. The molecule has 0 saturated heterocycles. The summed E-state index contributed by atoms with van der Waals surface area (Å²) >= 11 is 0. The smallest absolute Gasteiger partial charge is 0.140 e. The molecule has 0 unspecified atom stereocenters. The SMILES string of the molecule is CNc1c(CC(C)C)cc2c(oc3ccccc32)c1CC(C)C. The van der Waals surface area contributed by atoms with Crippen molar-refractivity contribution in [1.29, 1.82) is 0 Å². The summed E-state index contributed by atoms with van der Waals surface area (Å²) in [5.74, 6) is 1.22. The van der Waals surface area contributed by atoms with E-state index in [0.717, 1.165) is 24.0 Å². The summed E-state index contributed by atoms with van der Waals surface area (Å²) in [5, 5.41) is 5.93. The highest BCUT2D eigenvalue weighted by Gasteiger charge is 2.19. The molecule has 122 valence electrons. The number of furan rings is 1. The van der Waals surface area contributed by atoms with E-state index in [0.29, 0.717) is 11.8 Å². The lowest BCUT2D eigenvalue weighted by atomic mass is 9.92. The zero-order valence-electron chi connectivity index (χ0n) is 14.9. The van der Waals surface area contributed by atoms with Crippen molar-refractivity contribution in [2.75, 3.05) is 12.4 Å². The second-order valence-electron chi connectivity index (χ2n) is 7.31. The predicted octanol–water partition coefficient (Wildman–Crippen LogP) is 6.02. The molecular weight excluding hydrogens is 282 g/mol. The van der Waals surface area contributed by atoms with Crippen LogP contribution in [0.3, 0.4) is 0 Å². The van der Waals surface area contributed by atoms with Gasteiger partial charge in [0, 0.05) is 29.1 Å². The van der Waals surface area contributed by atoms with E-state index in [1.54, 1.807) is 0 Å². The first-order chi connectivity index (χ1) is 11.0. The van der Waals surface area contributed by atoms with Crippen LogP contribution in [-0.2, 0) is 12.8 Å². The Balaban J connectivity index is 2.36. The van der Waals surface area contributed by atoms with Crippen LogP contribution in [0.2, 0.25) is 0 Å². The quantitative estimate of drug-likeness (QED) is 0.623. The van der Waals surface area contributed by atoms with Crippen LogP contribution in [0.25, 0.3) is 21.9 Å². The molecular formula is C21H27NO. The molecule has 0 aliphatic carbocycles. The van der Waals surface area contributed by atoms with Crippen molar-refractivity contribution in [3.05, 3.63) is 41.5 Å². The van der Waals surface area contributed by atoms with E-state index in [4.69, 9.17) is 4.42 Å². The van der Waals surface area contributed by atoms with Gasteiger partial charge in [-0.1, -0.05) is 45.9 Å². The average molecular weight is 309 g/mol. The molecule has 0 bridgehead atoms. The fourth-order valence-electron chi connectivity index (χ4n) is 3.50. The van der Waals surface area contributed by atoms with E-state index in [9.17, 15) is 0 Å². The molecule has 3 rings (SSSR count). The minimum atomic E-state index is 0.591. The van der Waals surface area contributed by atoms with Gasteiger partial charge in [-0.3, -0.25) is 0 Å². The first-order valence-electron chi connectivity index (χ1n) is 8.65. The number of anilines is 1. The Labute approximate surface area is 138 Å². The number of para-hydroxylation sites is 1. The number of hydrogen-bond donors (Lipinski definition) is 1. The Morgan fingerprint density at radius 1 is 0.957 bits per heavy atom. The van der Waals surface area contributed by atoms with Crippen LogP contribution in [0.15, 0.2) is 34.7 Å². The van der Waals surface area contributed by atoms with Gasteiger partial charge < -0.3 is 9.73 Å². The lowest BCUT2D eigenvalue weighted by molar-refractivity contribution is 0.620. The lowest BCUT2D eigenvalue weighted by Gasteiger charge is -2.18. The van der Waals surface area contributed by atoms with Gasteiger partial charge in [-0.05, 0) is 42.4 Å². The van der Waals surface area contributed by atoms with Gasteiger partial charge in [0.05, 0.1) is 0 Å². The van der Waals surface area contributed by atoms with E-state index < -0.39 is 0 Å². The van der Waals surface area contributed by atoms with Crippen molar-refractivity contribution in [1.82, 2.24) is 0 Å². The van der Waals surface area contributed by atoms with Crippen LogP contribution in [-0.4, -0.2) is 7.05 Å². The molecule has 0 spiro atoms. The molecule has 23 heavy (non-hydrogen) atoms. The summed E-state index contributed by atoms with van der Waals surface area (Å²) in [6.45, 7) is 9.09. The van der Waals surface area contributed by atoms with Crippen molar-refractivity contribution in [2.24, 2.45) is 11.8 Å². The molecule has 2 nitrogen and oxygen atoms in total. The van der Waals surface area contributed by atoms with Crippen molar-refractivity contribution >= 4 is 27.6 Å². The number of nitrogens with one attached hydrogen (secondary N) is 1. The standard InChI is InChI=1S/C21H27NO/c1-13(2)10-15-12-17-16-8-6-7-9-19(16)23-21(17)18(11-14(3)4)20(15)22-5/h6-9,12-14,22H,10-11H2,1-5H3. The van der Waals surface area contributed by atoms with Gasteiger partial charge in [0.2, 0.25) is 0 Å². The van der Waals surface area contributed by atoms with Crippen LogP contribution in [0.1, 0.15) is 38.8 Å². The van der Waals surface area contributed by atoms with Crippen molar-refractivity contribution < 1.29 is 4.42 Å². The highest BCUT2D eigenvalue weighted by Crippen LogP contribution is 2.38.